The third kappa shape index (κ3) is 3.10. The zero-order chi connectivity index (χ0) is 4.24. The maximum Gasteiger partial charge on any atom is 0 e. The Bertz CT molecular complexity index is 76.1. The monoisotopic (exact) mass is 118 g/mol. The van der Waals surface area contributed by atoms with Crippen LogP contribution in [0.25, 0.3) is 0 Å². The molecule has 0 N–H and O–H groups in total. The van der Waals surface area contributed by atoms with Gasteiger partial charge in [-0.1, -0.05) is 36.4 Å². The van der Waals surface area contributed by atoms with Gasteiger partial charge in [-0.2, -0.15) is 0 Å². The molecule has 1 heteroatoms. The summed E-state index contributed by atoms with van der Waals surface area (Å²) >= 11 is 0. The molecule has 0 unspecified atom stereocenters. The van der Waals surface area contributed by atoms with Crippen molar-refractivity contribution in [2.24, 2.45) is 0 Å². The molecule has 0 heterocycles. The second-order valence-electron chi connectivity index (χ2n) is 1.15. The van der Waals surface area contributed by atoms with Crippen LogP contribution in [0.1, 0.15) is 0 Å². The van der Waals surface area contributed by atoms with Crippen molar-refractivity contribution in [3.63, 3.8) is 0 Å². The summed E-state index contributed by atoms with van der Waals surface area (Å²) in [5.74, 6) is 0. The topological polar surface area (TPSA) is 0 Å². The molecule has 2 radical (unpaired) electrons. The van der Waals surface area contributed by atoms with Gasteiger partial charge >= 0.3 is 0 Å². The van der Waals surface area contributed by atoms with E-state index in [1.54, 1.807) is 0 Å². The van der Waals surface area contributed by atoms with Crippen LogP contribution in [0.4, 0.5) is 0 Å². The first kappa shape index (κ1) is 7.48. The summed E-state index contributed by atoms with van der Waals surface area (Å²) in [5, 5.41) is 0. The van der Waals surface area contributed by atoms with Gasteiger partial charge in [0, 0.05) is 37.7 Å². The first-order valence-electron chi connectivity index (χ1n) is 2.00. The summed E-state index contributed by atoms with van der Waals surface area (Å²) in [5.41, 5.74) is 0. The largest absolute Gasteiger partial charge is 0.0623 e. The molecule has 0 nitrogen and oxygen atoms in total. The summed E-state index contributed by atoms with van der Waals surface area (Å²) in [6.45, 7) is 0. The molecule has 1 aromatic carbocycles. The predicted octanol–water partition coefficient (Wildman–Crippen LogP) is 1.31. The maximum absolute atomic E-state index is 2.00. The van der Waals surface area contributed by atoms with Crippen molar-refractivity contribution < 1.29 is 0 Å². The van der Waals surface area contributed by atoms with Gasteiger partial charge in [0.1, 0.15) is 0 Å². The third-order valence-corrected chi connectivity index (χ3v) is 0.667. The van der Waals surface area contributed by atoms with Gasteiger partial charge < -0.3 is 0 Å². The standard InChI is InChI=1S/C6H6.Ca/c1-2-4-6-5-3-1;/h1-6H;. The van der Waals surface area contributed by atoms with E-state index in [0.717, 1.165) is 0 Å². The first-order valence-corrected chi connectivity index (χ1v) is 2.00. The van der Waals surface area contributed by atoms with Crippen LogP contribution in [0.2, 0.25) is 0 Å². The number of hydrogen-bond acceptors (Lipinski definition) is 0. The van der Waals surface area contributed by atoms with Crippen molar-refractivity contribution in [3.8, 4) is 0 Å². The van der Waals surface area contributed by atoms with Gasteiger partial charge in [-0.15, -0.1) is 0 Å². The molecule has 0 atom stereocenters. The third-order valence-electron chi connectivity index (χ3n) is 0.667. The molecule has 1 rings (SSSR count). The van der Waals surface area contributed by atoms with E-state index in [1.165, 1.54) is 0 Å². The Hall–Kier alpha value is 0.480. The van der Waals surface area contributed by atoms with Crippen molar-refractivity contribution in [3.05, 3.63) is 36.4 Å². The van der Waals surface area contributed by atoms with E-state index in [1.807, 2.05) is 36.4 Å². The van der Waals surface area contributed by atoms with Crippen LogP contribution < -0.4 is 0 Å². The van der Waals surface area contributed by atoms with Crippen LogP contribution in [-0.4, -0.2) is 37.7 Å². The van der Waals surface area contributed by atoms with E-state index in [-0.39, 0.29) is 37.7 Å². The Kier molecular flexibility index (Phi) is 4.95. The first-order chi connectivity index (χ1) is 3.00. The molecule has 32 valence electrons. The van der Waals surface area contributed by atoms with Gasteiger partial charge in [-0.25, -0.2) is 0 Å². The van der Waals surface area contributed by atoms with Gasteiger partial charge in [0.15, 0.2) is 0 Å². The second-order valence-corrected chi connectivity index (χ2v) is 1.15. The van der Waals surface area contributed by atoms with E-state index in [0.29, 0.717) is 0 Å². The summed E-state index contributed by atoms with van der Waals surface area (Å²) in [4.78, 5) is 0. The Morgan fingerprint density at radius 2 is 0.571 bits per heavy atom. The SMILES string of the molecule is [Ca].c1ccccc1. The Labute approximate surface area is 73.5 Å². The summed E-state index contributed by atoms with van der Waals surface area (Å²) in [7, 11) is 0. The molecule has 0 saturated heterocycles. The van der Waals surface area contributed by atoms with E-state index in [4.69, 9.17) is 0 Å². The van der Waals surface area contributed by atoms with E-state index >= 15 is 0 Å². The zero-order valence-electron chi connectivity index (χ0n) is 4.17. The summed E-state index contributed by atoms with van der Waals surface area (Å²) in [6, 6.07) is 12.0. The molecular weight excluding hydrogens is 112 g/mol. The average Bonchev–Trinajstić information content (AvgIpc) is 1.72. The molecule has 0 aliphatic heterocycles. The number of rotatable bonds is 0. The van der Waals surface area contributed by atoms with E-state index < -0.39 is 0 Å². The zero-order valence-corrected chi connectivity index (χ0v) is 6.38. The van der Waals surface area contributed by atoms with Crippen LogP contribution in [0.3, 0.4) is 0 Å². The average molecular weight is 118 g/mol. The molecule has 7 heavy (non-hydrogen) atoms. The molecule has 1 aromatic rings. The van der Waals surface area contributed by atoms with Crippen molar-refractivity contribution in [2.75, 3.05) is 0 Å². The summed E-state index contributed by atoms with van der Waals surface area (Å²) in [6.07, 6.45) is 0. The minimum absolute atomic E-state index is 0. The van der Waals surface area contributed by atoms with E-state index in [2.05, 4.69) is 0 Å². The Morgan fingerprint density at radius 3 is 0.714 bits per heavy atom. The molecule has 0 amide bonds. The van der Waals surface area contributed by atoms with E-state index in [9.17, 15) is 0 Å². The molecule has 0 spiro atoms. The van der Waals surface area contributed by atoms with Crippen LogP contribution in [-0.2, 0) is 0 Å². The van der Waals surface area contributed by atoms with Crippen molar-refractivity contribution in [1.82, 2.24) is 0 Å². The van der Waals surface area contributed by atoms with Gasteiger partial charge in [-0.05, 0) is 0 Å². The summed E-state index contributed by atoms with van der Waals surface area (Å²) < 4.78 is 0. The quantitative estimate of drug-likeness (QED) is 0.450. The van der Waals surface area contributed by atoms with Gasteiger partial charge in [0.25, 0.3) is 0 Å². The minimum Gasteiger partial charge on any atom is -0.0623 e. The van der Waals surface area contributed by atoms with Crippen LogP contribution in [0.15, 0.2) is 36.4 Å². The van der Waals surface area contributed by atoms with Crippen LogP contribution in [0.5, 0.6) is 0 Å². The number of benzene rings is 1. The van der Waals surface area contributed by atoms with Crippen molar-refractivity contribution in [2.45, 2.75) is 0 Å². The van der Waals surface area contributed by atoms with Crippen LogP contribution >= 0.6 is 0 Å². The molecule has 0 bridgehead atoms. The predicted molar refractivity (Wildman–Crippen MR) is 32.2 cm³/mol. The fourth-order valence-electron chi connectivity index (χ4n) is 0.385. The van der Waals surface area contributed by atoms with Gasteiger partial charge in [-0.3, -0.25) is 0 Å². The van der Waals surface area contributed by atoms with Gasteiger partial charge in [0.05, 0.1) is 0 Å². The second kappa shape index (κ2) is 4.63. The van der Waals surface area contributed by atoms with Crippen molar-refractivity contribution >= 4 is 37.7 Å². The maximum atomic E-state index is 2.00. The molecule has 0 aromatic heterocycles. The minimum atomic E-state index is 0. The number of hydrogen-bond donors (Lipinski definition) is 0. The Morgan fingerprint density at radius 1 is 0.429 bits per heavy atom. The molecule has 0 fully saturated rings. The van der Waals surface area contributed by atoms with Crippen molar-refractivity contribution in [1.29, 1.82) is 0 Å². The molecule has 0 aliphatic rings. The fourth-order valence-corrected chi connectivity index (χ4v) is 0.385. The molecule has 0 saturated carbocycles. The molecule has 0 aliphatic carbocycles. The fraction of sp³-hybridized carbons (Fsp3) is 0. The smallest absolute Gasteiger partial charge is 0 e. The van der Waals surface area contributed by atoms with Crippen LogP contribution in [0, 0.1) is 0 Å². The normalized spacial score (nSPS) is 6.86. The van der Waals surface area contributed by atoms with Gasteiger partial charge in [0.2, 0.25) is 0 Å². The molecular formula is C6H6Ca. The Balaban J connectivity index is 0.000000360.